The van der Waals surface area contributed by atoms with Gasteiger partial charge in [-0.3, -0.25) is 0 Å². The molecule has 3 rings (SSSR count). The van der Waals surface area contributed by atoms with Crippen molar-refractivity contribution < 1.29 is 13.7 Å². The van der Waals surface area contributed by atoms with E-state index in [0.29, 0.717) is 36.1 Å². The zero-order valence-corrected chi connectivity index (χ0v) is 12.6. The Morgan fingerprint density at radius 2 is 2.04 bits per heavy atom. The Hall–Kier alpha value is -3.09. The number of carbonyl (C=O) groups excluding carboxylic acids is 1. The van der Waals surface area contributed by atoms with E-state index in [1.807, 2.05) is 19.1 Å². The number of anilines is 1. The quantitative estimate of drug-likeness (QED) is 0.754. The number of nitrogens with zero attached hydrogens (tertiary/aromatic N) is 2. The average Bonchev–Trinajstić information content (AvgIpc) is 3.25. The highest BCUT2D eigenvalue weighted by Gasteiger charge is 2.08. The van der Waals surface area contributed by atoms with Gasteiger partial charge in [0.05, 0.1) is 12.8 Å². The number of urea groups is 1. The van der Waals surface area contributed by atoms with Gasteiger partial charge in [-0.15, -0.1) is 0 Å². The largest absolute Gasteiger partial charge is 0.467 e. The lowest BCUT2D eigenvalue weighted by Gasteiger charge is -2.06. The maximum absolute atomic E-state index is 11.8. The summed E-state index contributed by atoms with van der Waals surface area (Å²) in [7, 11) is 0. The standard InChI is InChI=1S/C16H16N4O3/c1-2-14-19-15(20-23-14)11-5-7-12(8-6-11)18-16(21)17-10-13-4-3-9-22-13/h3-9H,2,10H2,1H3,(H2,17,18,21). The zero-order valence-electron chi connectivity index (χ0n) is 12.6. The molecule has 0 fully saturated rings. The first-order valence-corrected chi connectivity index (χ1v) is 7.25. The Morgan fingerprint density at radius 1 is 1.22 bits per heavy atom. The van der Waals surface area contributed by atoms with Crippen LogP contribution < -0.4 is 10.6 Å². The minimum Gasteiger partial charge on any atom is -0.467 e. The summed E-state index contributed by atoms with van der Waals surface area (Å²) < 4.78 is 10.2. The lowest BCUT2D eigenvalue weighted by Crippen LogP contribution is -2.27. The van der Waals surface area contributed by atoms with E-state index in [2.05, 4.69) is 20.8 Å². The van der Waals surface area contributed by atoms with Gasteiger partial charge in [0.15, 0.2) is 0 Å². The molecule has 3 aromatic rings. The molecule has 1 aromatic carbocycles. The Balaban J connectivity index is 1.57. The van der Waals surface area contributed by atoms with Crippen LogP contribution >= 0.6 is 0 Å². The van der Waals surface area contributed by atoms with Crippen molar-refractivity contribution in [3.63, 3.8) is 0 Å². The molecule has 0 aliphatic heterocycles. The number of hydrogen-bond acceptors (Lipinski definition) is 5. The molecule has 7 nitrogen and oxygen atoms in total. The van der Waals surface area contributed by atoms with Crippen molar-refractivity contribution >= 4 is 11.7 Å². The van der Waals surface area contributed by atoms with Crippen LogP contribution in [-0.2, 0) is 13.0 Å². The van der Waals surface area contributed by atoms with E-state index in [1.165, 1.54) is 0 Å². The van der Waals surface area contributed by atoms with E-state index in [0.717, 1.165) is 5.56 Å². The van der Waals surface area contributed by atoms with E-state index in [4.69, 9.17) is 8.94 Å². The molecule has 23 heavy (non-hydrogen) atoms. The summed E-state index contributed by atoms with van der Waals surface area (Å²) >= 11 is 0. The van der Waals surface area contributed by atoms with Crippen LogP contribution in [0, 0.1) is 0 Å². The second kappa shape index (κ2) is 6.78. The Labute approximate surface area is 132 Å². The molecule has 0 aliphatic rings. The van der Waals surface area contributed by atoms with Crippen LogP contribution in [0.1, 0.15) is 18.6 Å². The van der Waals surface area contributed by atoms with Crippen LogP contribution in [-0.4, -0.2) is 16.2 Å². The molecule has 118 valence electrons. The first-order valence-electron chi connectivity index (χ1n) is 7.25. The van der Waals surface area contributed by atoms with Gasteiger partial charge in [0, 0.05) is 17.7 Å². The predicted octanol–water partition coefficient (Wildman–Crippen LogP) is 3.21. The van der Waals surface area contributed by atoms with Crippen molar-refractivity contribution in [1.29, 1.82) is 0 Å². The predicted molar refractivity (Wildman–Crippen MR) is 83.7 cm³/mol. The van der Waals surface area contributed by atoms with E-state index in [1.54, 1.807) is 30.5 Å². The number of furan rings is 1. The van der Waals surface area contributed by atoms with Crippen molar-refractivity contribution in [2.24, 2.45) is 0 Å². The van der Waals surface area contributed by atoms with Gasteiger partial charge in [0.25, 0.3) is 0 Å². The fraction of sp³-hybridized carbons (Fsp3) is 0.188. The van der Waals surface area contributed by atoms with Gasteiger partial charge in [-0.05, 0) is 36.4 Å². The van der Waals surface area contributed by atoms with E-state index in [-0.39, 0.29) is 6.03 Å². The molecule has 0 spiro atoms. The molecule has 0 bridgehead atoms. The molecule has 2 amide bonds. The highest BCUT2D eigenvalue weighted by Crippen LogP contribution is 2.18. The SMILES string of the molecule is CCc1nc(-c2ccc(NC(=O)NCc3ccco3)cc2)no1. The molecule has 0 atom stereocenters. The number of carbonyl (C=O) groups is 1. The second-order valence-electron chi connectivity index (χ2n) is 4.83. The van der Waals surface area contributed by atoms with E-state index >= 15 is 0 Å². The summed E-state index contributed by atoms with van der Waals surface area (Å²) in [5.74, 6) is 1.83. The topological polar surface area (TPSA) is 93.2 Å². The summed E-state index contributed by atoms with van der Waals surface area (Å²) in [6.07, 6.45) is 2.26. The van der Waals surface area contributed by atoms with Crippen LogP contribution in [0.3, 0.4) is 0 Å². The van der Waals surface area contributed by atoms with E-state index < -0.39 is 0 Å². The molecule has 0 saturated carbocycles. The Kier molecular flexibility index (Phi) is 4.37. The monoisotopic (exact) mass is 312 g/mol. The Morgan fingerprint density at radius 3 is 2.70 bits per heavy atom. The zero-order chi connectivity index (χ0) is 16.1. The number of aromatic nitrogens is 2. The molecule has 7 heteroatoms. The third-order valence-electron chi connectivity index (χ3n) is 3.17. The van der Waals surface area contributed by atoms with Gasteiger partial charge in [-0.2, -0.15) is 4.98 Å². The molecule has 0 aliphatic carbocycles. The highest BCUT2D eigenvalue weighted by molar-refractivity contribution is 5.89. The minimum absolute atomic E-state index is 0.304. The molecule has 0 radical (unpaired) electrons. The fourth-order valence-corrected chi connectivity index (χ4v) is 1.97. The van der Waals surface area contributed by atoms with Gasteiger partial charge in [-0.1, -0.05) is 12.1 Å². The molecular formula is C16H16N4O3. The third-order valence-corrected chi connectivity index (χ3v) is 3.17. The third kappa shape index (κ3) is 3.76. The van der Waals surface area contributed by atoms with Crippen molar-refractivity contribution in [3.05, 3.63) is 54.3 Å². The van der Waals surface area contributed by atoms with Crippen molar-refractivity contribution in [3.8, 4) is 11.4 Å². The van der Waals surface area contributed by atoms with Crippen LogP contribution in [0.2, 0.25) is 0 Å². The molecule has 2 N–H and O–H groups in total. The van der Waals surface area contributed by atoms with Gasteiger partial charge in [0.2, 0.25) is 11.7 Å². The van der Waals surface area contributed by atoms with Gasteiger partial charge in [0.1, 0.15) is 5.76 Å². The van der Waals surface area contributed by atoms with Crippen LogP contribution in [0.15, 0.2) is 51.6 Å². The van der Waals surface area contributed by atoms with Crippen LogP contribution in [0.4, 0.5) is 10.5 Å². The van der Waals surface area contributed by atoms with Crippen LogP contribution in [0.25, 0.3) is 11.4 Å². The number of hydrogen-bond donors (Lipinski definition) is 2. The fourth-order valence-electron chi connectivity index (χ4n) is 1.97. The number of rotatable bonds is 5. The van der Waals surface area contributed by atoms with Crippen molar-refractivity contribution in [2.45, 2.75) is 19.9 Å². The minimum atomic E-state index is -0.304. The Bertz CT molecular complexity index is 763. The summed E-state index contributed by atoms with van der Waals surface area (Å²) in [6, 6.07) is 10.5. The normalized spacial score (nSPS) is 10.5. The van der Waals surface area contributed by atoms with Crippen molar-refractivity contribution in [1.82, 2.24) is 15.5 Å². The summed E-state index contributed by atoms with van der Waals surface area (Å²) in [6.45, 7) is 2.28. The maximum Gasteiger partial charge on any atom is 0.319 e. The molecule has 2 aromatic heterocycles. The van der Waals surface area contributed by atoms with Gasteiger partial charge in [-0.25, -0.2) is 4.79 Å². The first kappa shape index (κ1) is 14.8. The number of aryl methyl sites for hydroxylation is 1. The number of nitrogens with one attached hydrogen (secondary N) is 2. The maximum atomic E-state index is 11.8. The second-order valence-corrected chi connectivity index (χ2v) is 4.83. The smallest absolute Gasteiger partial charge is 0.319 e. The van der Waals surface area contributed by atoms with Gasteiger partial charge >= 0.3 is 6.03 Å². The molecule has 2 heterocycles. The van der Waals surface area contributed by atoms with Crippen molar-refractivity contribution in [2.75, 3.05) is 5.32 Å². The number of amides is 2. The summed E-state index contributed by atoms with van der Waals surface area (Å²) in [5, 5.41) is 9.36. The van der Waals surface area contributed by atoms with Crippen LogP contribution in [0.5, 0.6) is 0 Å². The number of benzene rings is 1. The summed E-state index contributed by atoms with van der Waals surface area (Å²) in [5.41, 5.74) is 1.50. The summed E-state index contributed by atoms with van der Waals surface area (Å²) in [4.78, 5) is 16.1. The first-order chi connectivity index (χ1) is 11.2. The lowest BCUT2D eigenvalue weighted by atomic mass is 10.2. The molecule has 0 saturated heterocycles. The highest BCUT2D eigenvalue weighted by atomic mass is 16.5. The molecule has 0 unspecified atom stereocenters. The molecular weight excluding hydrogens is 296 g/mol. The lowest BCUT2D eigenvalue weighted by molar-refractivity contribution is 0.251. The average molecular weight is 312 g/mol. The van der Waals surface area contributed by atoms with Gasteiger partial charge < -0.3 is 19.6 Å². The van der Waals surface area contributed by atoms with E-state index in [9.17, 15) is 4.79 Å².